The van der Waals surface area contributed by atoms with Crippen LogP contribution in [0.1, 0.15) is 23.1 Å². The first kappa shape index (κ1) is 13.9. The van der Waals surface area contributed by atoms with Crippen LogP contribution in [0.5, 0.6) is 0 Å². The minimum Gasteiger partial charge on any atom is -0.454 e. The van der Waals surface area contributed by atoms with Crippen molar-refractivity contribution in [2.75, 3.05) is 5.73 Å². The van der Waals surface area contributed by atoms with Crippen LogP contribution in [0.15, 0.2) is 18.5 Å². The summed E-state index contributed by atoms with van der Waals surface area (Å²) in [6.07, 6.45) is 1.32. The van der Waals surface area contributed by atoms with E-state index in [1.54, 1.807) is 0 Å². The van der Waals surface area contributed by atoms with Crippen LogP contribution < -0.4 is 5.73 Å². The Bertz CT molecular complexity index is 642. The number of nitrogens with zero attached hydrogens (tertiary/aromatic N) is 3. The molecule has 1 heterocycles. The lowest BCUT2D eigenvalue weighted by Crippen LogP contribution is -2.12. The number of hydrogen-bond donors (Lipinski definition) is 1. The number of rotatable bonds is 4. The lowest BCUT2D eigenvalue weighted by atomic mass is 10.2. The van der Waals surface area contributed by atoms with Gasteiger partial charge >= 0.3 is 5.97 Å². The van der Waals surface area contributed by atoms with Crippen molar-refractivity contribution in [1.82, 2.24) is 14.8 Å². The molecule has 20 heavy (non-hydrogen) atoms. The number of aromatic nitrogens is 3. The van der Waals surface area contributed by atoms with Gasteiger partial charge in [-0.25, -0.2) is 23.2 Å². The van der Waals surface area contributed by atoms with E-state index in [9.17, 15) is 13.6 Å². The Labute approximate surface area is 113 Å². The molecule has 0 saturated heterocycles. The minimum atomic E-state index is -1.03. The fourth-order valence-corrected chi connectivity index (χ4v) is 1.59. The van der Waals surface area contributed by atoms with Gasteiger partial charge in [0.15, 0.2) is 12.4 Å². The van der Waals surface area contributed by atoms with Crippen molar-refractivity contribution in [2.24, 2.45) is 0 Å². The molecule has 6 nitrogen and oxygen atoms in total. The standard InChI is InChI=1S/C12H12F2N4O2/c1-2-18-11(16-6-17-18)5-20-12(19)7-3-10(15)9(14)4-8(7)13/h3-4,6H,2,5,15H2,1H3. The van der Waals surface area contributed by atoms with Gasteiger partial charge in [0, 0.05) is 12.6 Å². The quantitative estimate of drug-likeness (QED) is 0.679. The lowest BCUT2D eigenvalue weighted by molar-refractivity contribution is 0.0451. The highest BCUT2D eigenvalue weighted by atomic mass is 19.1. The van der Waals surface area contributed by atoms with E-state index in [0.717, 1.165) is 6.07 Å². The van der Waals surface area contributed by atoms with Gasteiger partial charge in [-0.15, -0.1) is 0 Å². The van der Waals surface area contributed by atoms with Gasteiger partial charge in [0.2, 0.25) is 0 Å². The van der Waals surface area contributed by atoms with Crippen LogP contribution in [-0.4, -0.2) is 20.7 Å². The first-order valence-corrected chi connectivity index (χ1v) is 5.81. The Kier molecular flexibility index (Phi) is 3.92. The van der Waals surface area contributed by atoms with Gasteiger partial charge in [-0.3, -0.25) is 0 Å². The number of nitrogens with two attached hydrogens (primary N) is 1. The molecular formula is C12H12F2N4O2. The second-order valence-electron chi connectivity index (χ2n) is 3.92. The number of aryl methyl sites for hydroxylation is 1. The molecule has 0 unspecified atom stereocenters. The smallest absolute Gasteiger partial charge is 0.341 e. The number of carbonyl (C=O) groups is 1. The summed E-state index contributed by atoms with van der Waals surface area (Å²) in [6, 6.07) is 1.44. The molecule has 0 saturated carbocycles. The van der Waals surface area contributed by atoms with Crippen LogP contribution in [0, 0.1) is 11.6 Å². The molecule has 0 fully saturated rings. The van der Waals surface area contributed by atoms with Crippen molar-refractivity contribution in [3.63, 3.8) is 0 Å². The number of nitrogen functional groups attached to an aromatic ring is 1. The van der Waals surface area contributed by atoms with Crippen LogP contribution in [-0.2, 0) is 17.9 Å². The third-order valence-electron chi connectivity index (χ3n) is 2.63. The van der Waals surface area contributed by atoms with Gasteiger partial charge in [0.05, 0.1) is 11.3 Å². The molecule has 0 radical (unpaired) electrons. The largest absolute Gasteiger partial charge is 0.454 e. The third-order valence-corrected chi connectivity index (χ3v) is 2.63. The second kappa shape index (κ2) is 5.64. The van der Waals surface area contributed by atoms with Crippen molar-refractivity contribution in [3.8, 4) is 0 Å². The van der Waals surface area contributed by atoms with Gasteiger partial charge in [0.25, 0.3) is 0 Å². The molecular weight excluding hydrogens is 270 g/mol. The van der Waals surface area contributed by atoms with Crippen LogP contribution in [0.3, 0.4) is 0 Å². The average molecular weight is 282 g/mol. The molecule has 2 rings (SSSR count). The molecule has 1 aromatic heterocycles. The Hall–Kier alpha value is -2.51. The number of anilines is 1. The Morgan fingerprint density at radius 1 is 1.40 bits per heavy atom. The maximum Gasteiger partial charge on any atom is 0.341 e. The van der Waals surface area contributed by atoms with E-state index in [0.29, 0.717) is 18.4 Å². The van der Waals surface area contributed by atoms with Gasteiger partial charge < -0.3 is 10.5 Å². The zero-order valence-corrected chi connectivity index (χ0v) is 10.6. The van der Waals surface area contributed by atoms with Crippen molar-refractivity contribution < 1.29 is 18.3 Å². The van der Waals surface area contributed by atoms with Gasteiger partial charge in [-0.2, -0.15) is 5.10 Å². The highest BCUT2D eigenvalue weighted by molar-refractivity contribution is 5.90. The SMILES string of the molecule is CCn1ncnc1COC(=O)c1cc(N)c(F)cc1F. The van der Waals surface area contributed by atoms with E-state index in [1.807, 2.05) is 6.92 Å². The number of carbonyl (C=O) groups excluding carboxylic acids is 1. The highest BCUT2D eigenvalue weighted by Crippen LogP contribution is 2.17. The van der Waals surface area contributed by atoms with E-state index in [4.69, 9.17) is 10.5 Å². The molecule has 0 aliphatic carbocycles. The summed E-state index contributed by atoms with van der Waals surface area (Å²) in [5.41, 5.74) is 4.54. The molecule has 0 atom stereocenters. The topological polar surface area (TPSA) is 83.0 Å². The van der Waals surface area contributed by atoms with Crippen molar-refractivity contribution in [3.05, 3.63) is 41.5 Å². The monoisotopic (exact) mass is 282 g/mol. The molecule has 0 bridgehead atoms. The normalized spacial score (nSPS) is 10.6. The Morgan fingerprint density at radius 3 is 2.85 bits per heavy atom. The van der Waals surface area contributed by atoms with E-state index >= 15 is 0 Å². The van der Waals surface area contributed by atoms with E-state index in [2.05, 4.69) is 10.1 Å². The summed E-state index contributed by atoms with van der Waals surface area (Å²) in [7, 11) is 0. The van der Waals surface area contributed by atoms with E-state index < -0.39 is 23.2 Å². The van der Waals surface area contributed by atoms with Gasteiger partial charge in [-0.05, 0) is 13.0 Å². The molecule has 0 aliphatic rings. The van der Waals surface area contributed by atoms with Gasteiger partial charge in [-0.1, -0.05) is 0 Å². The first-order chi connectivity index (χ1) is 9.52. The van der Waals surface area contributed by atoms with Crippen LogP contribution in [0.25, 0.3) is 0 Å². The summed E-state index contributed by atoms with van der Waals surface area (Å²) in [5, 5.41) is 3.90. The second-order valence-corrected chi connectivity index (χ2v) is 3.92. The molecule has 0 amide bonds. The molecule has 106 valence electrons. The lowest BCUT2D eigenvalue weighted by Gasteiger charge is -2.07. The number of ether oxygens (including phenoxy) is 1. The Morgan fingerprint density at radius 2 is 2.15 bits per heavy atom. The minimum absolute atomic E-state index is 0.163. The zero-order chi connectivity index (χ0) is 14.7. The maximum atomic E-state index is 13.5. The Balaban J connectivity index is 2.11. The van der Waals surface area contributed by atoms with Crippen molar-refractivity contribution in [1.29, 1.82) is 0 Å². The molecule has 0 aliphatic heterocycles. The first-order valence-electron chi connectivity index (χ1n) is 5.81. The molecule has 8 heteroatoms. The fourth-order valence-electron chi connectivity index (χ4n) is 1.59. The molecule has 2 N–H and O–H groups in total. The average Bonchev–Trinajstić information content (AvgIpc) is 2.87. The molecule has 1 aromatic carbocycles. The summed E-state index contributed by atoms with van der Waals surface area (Å²) in [6.45, 7) is 2.24. The number of benzene rings is 1. The summed E-state index contributed by atoms with van der Waals surface area (Å²) >= 11 is 0. The maximum absolute atomic E-state index is 13.5. The third kappa shape index (κ3) is 2.73. The van der Waals surface area contributed by atoms with E-state index in [1.165, 1.54) is 11.0 Å². The number of esters is 1. The summed E-state index contributed by atoms with van der Waals surface area (Å²) < 4.78 is 32.9. The molecule has 0 spiro atoms. The van der Waals surface area contributed by atoms with Crippen molar-refractivity contribution >= 4 is 11.7 Å². The summed E-state index contributed by atoms with van der Waals surface area (Å²) in [5.74, 6) is -2.47. The predicted octanol–water partition coefficient (Wildman–Crippen LogP) is 1.52. The van der Waals surface area contributed by atoms with Crippen LogP contribution >= 0.6 is 0 Å². The number of halogens is 2. The zero-order valence-electron chi connectivity index (χ0n) is 10.6. The van der Waals surface area contributed by atoms with Crippen LogP contribution in [0.4, 0.5) is 14.5 Å². The van der Waals surface area contributed by atoms with Gasteiger partial charge in [0.1, 0.15) is 18.0 Å². The van der Waals surface area contributed by atoms with Crippen molar-refractivity contribution in [2.45, 2.75) is 20.1 Å². The van der Waals surface area contributed by atoms with E-state index in [-0.39, 0.29) is 12.3 Å². The predicted molar refractivity (Wildman–Crippen MR) is 65.6 cm³/mol. The number of hydrogen-bond acceptors (Lipinski definition) is 5. The summed E-state index contributed by atoms with van der Waals surface area (Å²) in [4.78, 5) is 15.6. The highest BCUT2D eigenvalue weighted by Gasteiger charge is 2.17. The van der Waals surface area contributed by atoms with Crippen LogP contribution in [0.2, 0.25) is 0 Å². The fraction of sp³-hybridized carbons (Fsp3) is 0.250. The molecule has 2 aromatic rings.